The Labute approximate surface area is 123 Å². The van der Waals surface area contributed by atoms with Crippen LogP contribution in [0.25, 0.3) is 0 Å². The van der Waals surface area contributed by atoms with Crippen molar-refractivity contribution in [3.05, 3.63) is 12.5 Å². The van der Waals surface area contributed by atoms with E-state index in [1.807, 2.05) is 4.90 Å². The molecule has 8 unspecified atom stereocenters. The Morgan fingerprint density at radius 3 is 2.20 bits per heavy atom. The van der Waals surface area contributed by atoms with Gasteiger partial charge < -0.3 is 15.1 Å². The molecular weight excluding hydrogens is 252 g/mol. The molecule has 2 rings (SSSR count). The van der Waals surface area contributed by atoms with Crippen molar-refractivity contribution >= 4 is 0 Å². The highest BCUT2D eigenvalue weighted by Gasteiger charge is 2.53. The average Bonchev–Trinajstić information content (AvgIpc) is 3.23. The van der Waals surface area contributed by atoms with Gasteiger partial charge in [0.25, 0.3) is 0 Å². The molecule has 116 valence electrons. The lowest BCUT2D eigenvalue weighted by molar-refractivity contribution is 0.0391. The topological polar surface area (TPSA) is 46.5 Å². The average molecular weight is 282 g/mol. The number of aliphatic hydroxyl groups excluding tert-OH is 2. The first-order valence-corrected chi connectivity index (χ1v) is 7.92. The highest BCUT2D eigenvalue weighted by Crippen LogP contribution is 2.42. The number of aliphatic hydroxyl groups is 2. The summed E-state index contributed by atoms with van der Waals surface area (Å²) in [5.74, 6) is 1.15. The van der Waals surface area contributed by atoms with Gasteiger partial charge in [0.1, 0.15) is 6.23 Å². The van der Waals surface area contributed by atoms with Crippen LogP contribution in [0, 0.1) is 11.8 Å². The van der Waals surface area contributed by atoms with Crippen molar-refractivity contribution in [1.82, 2.24) is 9.80 Å². The summed E-state index contributed by atoms with van der Waals surface area (Å²) in [6, 6.07) is 1.68. The zero-order valence-electron chi connectivity index (χ0n) is 13.5. The minimum absolute atomic E-state index is 0.154. The van der Waals surface area contributed by atoms with Crippen molar-refractivity contribution in [3.8, 4) is 0 Å². The molecule has 8 atom stereocenters. The van der Waals surface area contributed by atoms with Crippen LogP contribution in [0.3, 0.4) is 0 Å². The summed E-state index contributed by atoms with van der Waals surface area (Å²) < 4.78 is 0. The van der Waals surface area contributed by atoms with Crippen LogP contribution in [0.4, 0.5) is 0 Å². The van der Waals surface area contributed by atoms with Gasteiger partial charge in [0, 0.05) is 12.1 Å². The molecule has 0 spiro atoms. The molecule has 20 heavy (non-hydrogen) atoms. The highest BCUT2D eigenvalue weighted by molar-refractivity contribution is 5.11. The van der Waals surface area contributed by atoms with Gasteiger partial charge in [0.05, 0.1) is 12.1 Å². The van der Waals surface area contributed by atoms with Crippen molar-refractivity contribution < 1.29 is 10.2 Å². The number of hydrogen-bond acceptors (Lipinski definition) is 4. The van der Waals surface area contributed by atoms with E-state index in [2.05, 4.69) is 46.1 Å². The van der Waals surface area contributed by atoms with Crippen molar-refractivity contribution in [2.45, 2.75) is 77.9 Å². The van der Waals surface area contributed by atoms with Gasteiger partial charge in [-0.1, -0.05) is 27.2 Å². The summed E-state index contributed by atoms with van der Waals surface area (Å²) in [6.07, 6.45) is 1.56. The normalized spacial score (nSPS) is 40.1. The maximum absolute atomic E-state index is 10.5. The summed E-state index contributed by atoms with van der Waals surface area (Å²) >= 11 is 0. The van der Waals surface area contributed by atoms with Crippen LogP contribution in [0.5, 0.6) is 0 Å². The lowest BCUT2D eigenvalue weighted by Crippen LogP contribution is -2.27. The van der Waals surface area contributed by atoms with Crippen LogP contribution >= 0.6 is 0 Å². The van der Waals surface area contributed by atoms with Gasteiger partial charge in [-0.2, -0.15) is 0 Å². The third-order valence-electron chi connectivity index (χ3n) is 5.42. The third kappa shape index (κ3) is 2.68. The lowest BCUT2D eigenvalue weighted by Gasteiger charge is -2.19. The second-order valence-corrected chi connectivity index (χ2v) is 6.81. The fraction of sp³-hybridized carbons (Fsp3) is 0.875. The zero-order chi connectivity index (χ0) is 15.2. The maximum Gasteiger partial charge on any atom is 0.179 e. The maximum atomic E-state index is 10.5. The van der Waals surface area contributed by atoms with E-state index in [0.717, 1.165) is 12.8 Å². The smallest absolute Gasteiger partial charge is 0.179 e. The molecule has 2 heterocycles. The Balaban J connectivity index is 1.84. The molecule has 0 bridgehead atoms. The molecule has 2 N–H and O–H groups in total. The Bertz CT molecular complexity index is 373. The molecule has 0 radical (unpaired) electrons. The van der Waals surface area contributed by atoms with Gasteiger partial charge in [-0.15, -0.1) is 0 Å². The van der Waals surface area contributed by atoms with Gasteiger partial charge in [-0.25, -0.2) is 0 Å². The van der Waals surface area contributed by atoms with Crippen LogP contribution in [0.1, 0.15) is 47.5 Å². The quantitative estimate of drug-likeness (QED) is 0.556. The Kier molecular flexibility index (Phi) is 4.35. The van der Waals surface area contributed by atoms with Crippen LogP contribution in [0.15, 0.2) is 12.5 Å². The molecule has 2 fully saturated rings. The molecule has 4 heteroatoms. The lowest BCUT2D eigenvalue weighted by atomic mass is 10.0. The highest BCUT2D eigenvalue weighted by atomic mass is 16.3. The molecule has 0 aromatic rings. The van der Waals surface area contributed by atoms with E-state index in [-0.39, 0.29) is 12.1 Å². The molecule has 2 aliphatic rings. The van der Waals surface area contributed by atoms with E-state index in [1.54, 1.807) is 0 Å². The van der Waals surface area contributed by atoms with Gasteiger partial charge in [0.15, 0.2) is 5.88 Å². The Hall–Kier alpha value is -0.740. The molecule has 2 saturated heterocycles. The minimum Gasteiger partial charge on any atom is -0.495 e. The van der Waals surface area contributed by atoms with E-state index in [9.17, 15) is 10.2 Å². The summed E-state index contributed by atoms with van der Waals surface area (Å²) in [5.41, 5.74) is 0. The van der Waals surface area contributed by atoms with Crippen molar-refractivity contribution in [2.24, 2.45) is 11.8 Å². The summed E-state index contributed by atoms with van der Waals surface area (Å²) in [4.78, 5) is 4.16. The Morgan fingerprint density at radius 1 is 1.15 bits per heavy atom. The largest absolute Gasteiger partial charge is 0.495 e. The van der Waals surface area contributed by atoms with Crippen molar-refractivity contribution in [1.29, 1.82) is 0 Å². The van der Waals surface area contributed by atoms with Gasteiger partial charge in [-0.05, 0) is 38.7 Å². The second-order valence-electron chi connectivity index (χ2n) is 6.81. The summed E-state index contributed by atoms with van der Waals surface area (Å²) in [7, 11) is 0. The SMILES string of the molecule is C=C(O)N1C(C)C1C(C)CC(O)N1C(C)C1C(C)CC. The molecule has 4 nitrogen and oxygen atoms in total. The van der Waals surface area contributed by atoms with E-state index >= 15 is 0 Å². The van der Waals surface area contributed by atoms with Crippen LogP contribution in [-0.2, 0) is 0 Å². The number of hydrogen-bond donors (Lipinski definition) is 2. The van der Waals surface area contributed by atoms with Crippen LogP contribution in [-0.4, -0.2) is 50.4 Å². The van der Waals surface area contributed by atoms with E-state index in [4.69, 9.17) is 0 Å². The summed E-state index contributed by atoms with van der Waals surface area (Å²) in [5, 5.41) is 19.9. The Morgan fingerprint density at radius 2 is 1.75 bits per heavy atom. The molecule has 2 aliphatic heterocycles. The fourth-order valence-electron chi connectivity index (χ4n) is 4.00. The second kappa shape index (κ2) is 5.57. The first-order chi connectivity index (χ1) is 9.31. The van der Waals surface area contributed by atoms with E-state index in [0.29, 0.717) is 36.0 Å². The van der Waals surface area contributed by atoms with Crippen molar-refractivity contribution in [2.75, 3.05) is 0 Å². The molecule has 0 aromatic carbocycles. The van der Waals surface area contributed by atoms with Crippen LogP contribution in [0.2, 0.25) is 0 Å². The molecule has 0 aliphatic carbocycles. The molecular formula is C16H30N2O2. The molecule has 0 saturated carbocycles. The van der Waals surface area contributed by atoms with Gasteiger partial charge in [0.2, 0.25) is 0 Å². The first kappa shape index (κ1) is 15.6. The van der Waals surface area contributed by atoms with E-state index < -0.39 is 0 Å². The van der Waals surface area contributed by atoms with Gasteiger partial charge in [-0.3, -0.25) is 4.90 Å². The molecule has 0 aromatic heterocycles. The van der Waals surface area contributed by atoms with Crippen molar-refractivity contribution in [3.63, 3.8) is 0 Å². The number of nitrogens with zero attached hydrogens (tertiary/aromatic N) is 2. The standard InChI is InChI=1S/C16H30N2O2/c1-7-9(2)15-12(5)18(15)14(20)8-10(3)16-11(4)17(16)13(6)19/h9-12,14-16,19-20H,6-8H2,1-5H3. The predicted octanol–water partition coefficient (Wildman–Crippen LogP) is 2.55. The third-order valence-corrected chi connectivity index (χ3v) is 5.42. The fourth-order valence-corrected chi connectivity index (χ4v) is 4.00. The first-order valence-electron chi connectivity index (χ1n) is 7.92. The summed E-state index contributed by atoms with van der Waals surface area (Å²) in [6.45, 7) is 14.5. The van der Waals surface area contributed by atoms with E-state index in [1.165, 1.54) is 0 Å². The number of rotatable bonds is 7. The van der Waals surface area contributed by atoms with Gasteiger partial charge >= 0.3 is 0 Å². The minimum atomic E-state index is -0.361. The molecule has 0 amide bonds. The monoisotopic (exact) mass is 282 g/mol. The van der Waals surface area contributed by atoms with Crippen LogP contribution < -0.4 is 0 Å². The zero-order valence-corrected chi connectivity index (χ0v) is 13.5. The predicted molar refractivity (Wildman–Crippen MR) is 81.2 cm³/mol.